The van der Waals surface area contributed by atoms with Crippen LogP contribution in [0.2, 0.25) is 0 Å². The zero-order chi connectivity index (χ0) is 11.4. The molecule has 1 aromatic heterocycles. The molecule has 1 amide bonds. The summed E-state index contributed by atoms with van der Waals surface area (Å²) >= 11 is 0. The van der Waals surface area contributed by atoms with E-state index in [2.05, 4.69) is 5.92 Å². The minimum atomic E-state index is -1.14. The van der Waals surface area contributed by atoms with Crippen molar-refractivity contribution in [3.8, 4) is 12.3 Å². The van der Waals surface area contributed by atoms with Crippen LogP contribution in [0, 0.1) is 12.3 Å². The predicted molar refractivity (Wildman–Crippen MR) is 51.5 cm³/mol. The first kappa shape index (κ1) is 10.9. The molecule has 0 saturated heterocycles. The van der Waals surface area contributed by atoms with Gasteiger partial charge in [-0.05, 0) is 0 Å². The van der Waals surface area contributed by atoms with Gasteiger partial charge in [-0.25, -0.2) is 4.79 Å². The summed E-state index contributed by atoms with van der Waals surface area (Å²) in [6.07, 6.45) is 6.04. The van der Waals surface area contributed by atoms with Gasteiger partial charge in [0, 0.05) is 13.1 Å². The Labute approximate surface area is 86.3 Å². The standard InChI is InChI=1S/C10H9NO4/c1-3-4-11(2)9(12)8-5-7(6-15-8)10(13)14/h1,5-6H,4H2,2H3,(H,13,14). The van der Waals surface area contributed by atoms with Gasteiger partial charge in [0.15, 0.2) is 5.76 Å². The van der Waals surface area contributed by atoms with E-state index >= 15 is 0 Å². The maximum absolute atomic E-state index is 11.5. The smallest absolute Gasteiger partial charge is 0.338 e. The van der Waals surface area contributed by atoms with Crippen LogP contribution in [-0.4, -0.2) is 35.5 Å². The molecule has 0 aliphatic carbocycles. The second-order valence-electron chi connectivity index (χ2n) is 2.87. The lowest BCUT2D eigenvalue weighted by Crippen LogP contribution is -2.26. The molecule has 15 heavy (non-hydrogen) atoms. The number of furan rings is 1. The maximum atomic E-state index is 11.5. The number of carbonyl (C=O) groups is 2. The lowest BCUT2D eigenvalue weighted by Gasteiger charge is -2.10. The SMILES string of the molecule is C#CCN(C)C(=O)c1cc(C(=O)O)co1. The van der Waals surface area contributed by atoms with Crippen molar-refractivity contribution in [1.82, 2.24) is 4.90 Å². The second-order valence-corrected chi connectivity index (χ2v) is 2.87. The second kappa shape index (κ2) is 4.33. The minimum absolute atomic E-state index is 0.0369. The number of amides is 1. The normalized spacial score (nSPS) is 9.33. The third kappa shape index (κ3) is 2.38. The molecule has 0 atom stereocenters. The van der Waals surface area contributed by atoms with Gasteiger partial charge in [0.2, 0.25) is 0 Å². The van der Waals surface area contributed by atoms with Gasteiger partial charge >= 0.3 is 5.97 Å². The molecule has 1 aromatic rings. The fraction of sp³-hybridized carbons (Fsp3) is 0.200. The van der Waals surface area contributed by atoms with Crippen molar-refractivity contribution in [2.75, 3.05) is 13.6 Å². The van der Waals surface area contributed by atoms with E-state index < -0.39 is 11.9 Å². The van der Waals surface area contributed by atoms with Crippen LogP contribution in [-0.2, 0) is 0 Å². The van der Waals surface area contributed by atoms with E-state index in [9.17, 15) is 9.59 Å². The summed E-state index contributed by atoms with van der Waals surface area (Å²) in [6, 6.07) is 1.16. The Balaban J connectivity index is 2.84. The first-order valence-electron chi connectivity index (χ1n) is 4.07. The molecule has 0 radical (unpaired) electrons. The maximum Gasteiger partial charge on any atom is 0.338 e. The Morgan fingerprint density at radius 1 is 1.67 bits per heavy atom. The van der Waals surface area contributed by atoms with Crippen molar-refractivity contribution in [1.29, 1.82) is 0 Å². The molecule has 5 heteroatoms. The Morgan fingerprint density at radius 2 is 2.33 bits per heavy atom. The highest BCUT2D eigenvalue weighted by Gasteiger charge is 2.17. The van der Waals surface area contributed by atoms with Gasteiger partial charge in [-0.3, -0.25) is 4.79 Å². The van der Waals surface area contributed by atoms with Gasteiger partial charge in [0.05, 0.1) is 12.1 Å². The first-order chi connectivity index (χ1) is 7.06. The zero-order valence-corrected chi connectivity index (χ0v) is 8.06. The van der Waals surface area contributed by atoms with E-state index in [1.165, 1.54) is 11.9 Å². The van der Waals surface area contributed by atoms with Gasteiger partial charge in [-0.2, -0.15) is 0 Å². The Morgan fingerprint density at radius 3 is 2.80 bits per heavy atom. The molecule has 1 rings (SSSR count). The molecule has 0 aromatic carbocycles. The van der Waals surface area contributed by atoms with Crippen molar-refractivity contribution in [3.05, 3.63) is 23.7 Å². The zero-order valence-electron chi connectivity index (χ0n) is 8.06. The highest BCUT2D eigenvalue weighted by atomic mass is 16.4. The molecule has 1 heterocycles. The summed E-state index contributed by atoms with van der Waals surface area (Å²) in [5.74, 6) is 0.673. The summed E-state index contributed by atoms with van der Waals surface area (Å²) in [7, 11) is 1.51. The lowest BCUT2D eigenvalue weighted by molar-refractivity contribution is 0.0695. The summed E-state index contributed by atoms with van der Waals surface area (Å²) in [4.78, 5) is 23.3. The van der Waals surface area contributed by atoms with Crippen LogP contribution < -0.4 is 0 Å². The summed E-state index contributed by atoms with van der Waals surface area (Å²) in [6.45, 7) is 0.141. The van der Waals surface area contributed by atoms with Crippen LogP contribution in [0.15, 0.2) is 16.7 Å². The average molecular weight is 207 g/mol. The summed E-state index contributed by atoms with van der Waals surface area (Å²) in [5, 5.41) is 8.60. The van der Waals surface area contributed by atoms with Crippen LogP contribution >= 0.6 is 0 Å². The summed E-state index contributed by atoms with van der Waals surface area (Å²) < 4.78 is 4.81. The number of aromatic carboxylic acids is 1. The average Bonchev–Trinajstić information content (AvgIpc) is 2.65. The van der Waals surface area contributed by atoms with Crippen molar-refractivity contribution in [2.24, 2.45) is 0 Å². The molecular formula is C10H9NO4. The highest BCUT2D eigenvalue weighted by Crippen LogP contribution is 2.09. The van der Waals surface area contributed by atoms with Gasteiger partial charge in [-0.15, -0.1) is 6.42 Å². The predicted octanol–water partition coefficient (Wildman–Crippen LogP) is 0.683. The van der Waals surface area contributed by atoms with Crippen molar-refractivity contribution in [2.45, 2.75) is 0 Å². The minimum Gasteiger partial charge on any atom is -0.478 e. The number of carbonyl (C=O) groups excluding carboxylic acids is 1. The van der Waals surface area contributed by atoms with E-state index in [0.29, 0.717) is 0 Å². The Bertz CT molecular complexity index is 427. The van der Waals surface area contributed by atoms with Crippen LogP contribution in [0.4, 0.5) is 0 Å². The number of terminal acetylenes is 1. The topological polar surface area (TPSA) is 70.8 Å². The van der Waals surface area contributed by atoms with Crippen molar-refractivity contribution in [3.63, 3.8) is 0 Å². The van der Waals surface area contributed by atoms with Crippen molar-refractivity contribution < 1.29 is 19.1 Å². The van der Waals surface area contributed by atoms with Gasteiger partial charge in [0.1, 0.15) is 6.26 Å². The van der Waals surface area contributed by atoms with E-state index in [-0.39, 0.29) is 17.9 Å². The molecule has 0 fully saturated rings. The molecule has 5 nitrogen and oxygen atoms in total. The molecule has 0 bridgehead atoms. The van der Waals surface area contributed by atoms with E-state index in [0.717, 1.165) is 12.3 Å². The molecule has 1 N–H and O–H groups in total. The number of nitrogens with zero attached hydrogens (tertiary/aromatic N) is 1. The number of hydrogen-bond acceptors (Lipinski definition) is 3. The van der Waals surface area contributed by atoms with E-state index in [4.69, 9.17) is 15.9 Å². The molecule has 0 saturated carbocycles. The van der Waals surface area contributed by atoms with Gasteiger partial charge in [-0.1, -0.05) is 5.92 Å². The number of rotatable bonds is 3. The Kier molecular flexibility index (Phi) is 3.13. The lowest BCUT2D eigenvalue weighted by atomic mass is 10.3. The fourth-order valence-corrected chi connectivity index (χ4v) is 0.957. The van der Waals surface area contributed by atoms with Crippen LogP contribution in [0.25, 0.3) is 0 Å². The highest BCUT2D eigenvalue weighted by molar-refractivity contribution is 5.95. The molecule has 0 aliphatic heterocycles. The molecule has 0 spiro atoms. The van der Waals surface area contributed by atoms with Crippen LogP contribution in [0.5, 0.6) is 0 Å². The van der Waals surface area contributed by atoms with Crippen LogP contribution in [0.3, 0.4) is 0 Å². The fourth-order valence-electron chi connectivity index (χ4n) is 0.957. The van der Waals surface area contributed by atoms with E-state index in [1.54, 1.807) is 0 Å². The number of carboxylic acid groups (broad SMARTS) is 1. The van der Waals surface area contributed by atoms with Crippen LogP contribution in [0.1, 0.15) is 20.9 Å². The summed E-state index contributed by atoms with van der Waals surface area (Å²) in [5.41, 5.74) is -0.0625. The van der Waals surface area contributed by atoms with Crippen molar-refractivity contribution >= 4 is 11.9 Å². The van der Waals surface area contributed by atoms with E-state index in [1.807, 2.05) is 0 Å². The largest absolute Gasteiger partial charge is 0.478 e. The molecular weight excluding hydrogens is 198 g/mol. The third-order valence-electron chi connectivity index (χ3n) is 1.73. The van der Waals surface area contributed by atoms with Gasteiger partial charge in [0.25, 0.3) is 5.91 Å². The quantitative estimate of drug-likeness (QED) is 0.740. The molecule has 78 valence electrons. The third-order valence-corrected chi connectivity index (χ3v) is 1.73. The number of carboxylic acids is 1. The number of hydrogen-bond donors (Lipinski definition) is 1. The molecule has 0 aliphatic rings. The molecule has 0 unspecified atom stereocenters. The first-order valence-corrected chi connectivity index (χ1v) is 4.07. The Hall–Kier alpha value is -2.22. The van der Waals surface area contributed by atoms with Gasteiger partial charge < -0.3 is 14.4 Å². The monoisotopic (exact) mass is 207 g/mol.